The molecule has 0 unspecified atom stereocenters. The summed E-state index contributed by atoms with van der Waals surface area (Å²) >= 11 is 11.6. The van der Waals surface area contributed by atoms with Gasteiger partial charge in [0, 0.05) is 15.6 Å². The van der Waals surface area contributed by atoms with Crippen LogP contribution < -0.4 is 5.73 Å². The number of primary amides is 1. The average molecular weight is 257 g/mol. The van der Waals surface area contributed by atoms with Crippen molar-refractivity contribution in [2.45, 2.75) is 5.92 Å². The highest BCUT2D eigenvalue weighted by molar-refractivity contribution is 6.41. The first-order chi connectivity index (χ1) is 7.49. The van der Waals surface area contributed by atoms with Crippen molar-refractivity contribution >= 4 is 34.9 Å². The van der Waals surface area contributed by atoms with Gasteiger partial charge in [0.15, 0.2) is 0 Å². The van der Waals surface area contributed by atoms with Gasteiger partial charge in [-0.2, -0.15) is 5.26 Å². The molecule has 1 atom stereocenters. The number of ketones is 1. The summed E-state index contributed by atoms with van der Waals surface area (Å²) in [6, 6.07) is 6.18. The van der Waals surface area contributed by atoms with Crippen LogP contribution in [0.15, 0.2) is 18.2 Å². The smallest absolute Gasteiger partial charge is 0.286 e. The molecule has 1 rings (SSSR count). The van der Waals surface area contributed by atoms with E-state index in [1.807, 2.05) is 0 Å². The first-order valence-corrected chi connectivity index (χ1v) is 4.91. The van der Waals surface area contributed by atoms with Crippen LogP contribution in [0.3, 0.4) is 0 Å². The van der Waals surface area contributed by atoms with Gasteiger partial charge in [-0.05, 0) is 12.1 Å². The highest BCUT2D eigenvalue weighted by Gasteiger charge is 2.28. The minimum Gasteiger partial charge on any atom is -0.363 e. The van der Waals surface area contributed by atoms with Crippen LogP contribution in [-0.2, 0) is 9.59 Å². The number of hydrogen-bond donors (Lipinski definition) is 1. The Hall–Kier alpha value is -1.57. The second kappa shape index (κ2) is 4.97. The molecule has 0 fully saturated rings. The number of carbonyl (C=O) groups excluding carboxylic acids is 2. The van der Waals surface area contributed by atoms with Gasteiger partial charge in [-0.1, -0.05) is 29.3 Å². The number of nitriles is 1. The summed E-state index contributed by atoms with van der Waals surface area (Å²) in [5.74, 6) is -3.58. The molecule has 4 nitrogen and oxygen atoms in total. The van der Waals surface area contributed by atoms with Gasteiger partial charge in [0.2, 0.25) is 5.78 Å². The maximum absolute atomic E-state index is 11.4. The molecule has 0 aliphatic carbocycles. The molecule has 0 heterocycles. The van der Waals surface area contributed by atoms with Crippen molar-refractivity contribution in [3.63, 3.8) is 0 Å². The van der Waals surface area contributed by atoms with E-state index in [4.69, 9.17) is 34.2 Å². The summed E-state index contributed by atoms with van der Waals surface area (Å²) in [5, 5.41) is 9.15. The lowest BCUT2D eigenvalue weighted by Gasteiger charge is -2.10. The maximum Gasteiger partial charge on any atom is 0.286 e. The van der Waals surface area contributed by atoms with Gasteiger partial charge >= 0.3 is 0 Å². The molecule has 0 bridgehead atoms. The molecule has 0 aliphatic heterocycles. The molecule has 0 saturated heterocycles. The summed E-state index contributed by atoms with van der Waals surface area (Å²) in [7, 11) is 0. The van der Waals surface area contributed by atoms with Crippen molar-refractivity contribution in [1.29, 1.82) is 5.26 Å². The van der Waals surface area contributed by atoms with E-state index < -0.39 is 17.6 Å². The third-order valence-corrected chi connectivity index (χ3v) is 2.58. The molecule has 0 radical (unpaired) electrons. The molecule has 6 heteroatoms. The number of halogens is 2. The monoisotopic (exact) mass is 256 g/mol. The van der Waals surface area contributed by atoms with Gasteiger partial charge in [-0.3, -0.25) is 9.59 Å². The van der Waals surface area contributed by atoms with Crippen LogP contribution in [0.2, 0.25) is 10.0 Å². The topological polar surface area (TPSA) is 83.9 Å². The van der Waals surface area contributed by atoms with E-state index >= 15 is 0 Å². The van der Waals surface area contributed by atoms with Crippen LogP contribution in [0.5, 0.6) is 0 Å². The van der Waals surface area contributed by atoms with E-state index in [-0.39, 0.29) is 15.6 Å². The number of amides is 1. The fourth-order valence-corrected chi connectivity index (χ4v) is 1.80. The lowest BCUT2D eigenvalue weighted by molar-refractivity contribution is -0.136. The van der Waals surface area contributed by atoms with Gasteiger partial charge in [0.1, 0.15) is 5.92 Å². The normalized spacial score (nSPS) is 11.6. The van der Waals surface area contributed by atoms with Crippen LogP contribution in [0.25, 0.3) is 0 Å². The Morgan fingerprint density at radius 3 is 2.19 bits per heavy atom. The van der Waals surface area contributed by atoms with E-state index in [0.29, 0.717) is 0 Å². The van der Waals surface area contributed by atoms with Crippen molar-refractivity contribution < 1.29 is 9.59 Å². The van der Waals surface area contributed by atoms with Crippen LogP contribution in [0, 0.1) is 11.3 Å². The lowest BCUT2D eigenvalue weighted by Crippen LogP contribution is -2.28. The van der Waals surface area contributed by atoms with Crippen molar-refractivity contribution in [2.75, 3.05) is 0 Å². The zero-order valence-corrected chi connectivity index (χ0v) is 9.42. The quantitative estimate of drug-likeness (QED) is 0.835. The minimum atomic E-state index is -1.36. The fraction of sp³-hybridized carbons (Fsp3) is 0.100. The molecule has 0 aliphatic rings. The zero-order valence-electron chi connectivity index (χ0n) is 7.91. The number of carbonyl (C=O) groups is 2. The number of nitrogens with two attached hydrogens (primary N) is 1. The number of rotatable bonds is 3. The summed E-state index contributed by atoms with van der Waals surface area (Å²) in [6.45, 7) is 0. The van der Waals surface area contributed by atoms with E-state index in [1.54, 1.807) is 12.1 Å². The molecule has 82 valence electrons. The number of nitrogens with zero attached hydrogens (tertiary/aromatic N) is 1. The summed E-state index contributed by atoms with van der Waals surface area (Å²) in [6.07, 6.45) is 0. The predicted octanol–water partition coefficient (Wildman–Crippen LogP) is 1.65. The van der Waals surface area contributed by atoms with Crippen molar-refractivity contribution in [3.8, 4) is 6.07 Å². The van der Waals surface area contributed by atoms with E-state index in [9.17, 15) is 9.59 Å². The Balaban J connectivity index is 3.31. The van der Waals surface area contributed by atoms with E-state index in [1.165, 1.54) is 12.1 Å². The van der Waals surface area contributed by atoms with Gasteiger partial charge in [-0.15, -0.1) is 0 Å². The minimum absolute atomic E-state index is 0.108. The average Bonchev–Trinajstić information content (AvgIpc) is 2.22. The first kappa shape index (κ1) is 12.5. The Bertz CT molecular complexity index is 474. The van der Waals surface area contributed by atoms with Gasteiger partial charge in [0.05, 0.1) is 6.07 Å². The molecule has 0 spiro atoms. The second-order valence-electron chi connectivity index (χ2n) is 2.93. The Kier molecular flexibility index (Phi) is 3.88. The molecule has 1 amide bonds. The molecule has 0 saturated carbocycles. The molecule has 16 heavy (non-hydrogen) atoms. The third kappa shape index (κ3) is 2.32. The van der Waals surface area contributed by atoms with Crippen molar-refractivity contribution in [1.82, 2.24) is 0 Å². The molecule has 1 aromatic carbocycles. The molecular weight excluding hydrogens is 251 g/mol. The summed E-state index contributed by atoms with van der Waals surface area (Å²) < 4.78 is 0. The first-order valence-electron chi connectivity index (χ1n) is 4.16. The summed E-state index contributed by atoms with van der Waals surface area (Å²) in [5.41, 5.74) is 4.93. The van der Waals surface area contributed by atoms with Crippen LogP contribution in [0.4, 0.5) is 0 Å². The van der Waals surface area contributed by atoms with Crippen molar-refractivity contribution in [3.05, 3.63) is 33.8 Å². The third-order valence-electron chi connectivity index (χ3n) is 1.92. The van der Waals surface area contributed by atoms with Crippen molar-refractivity contribution in [2.24, 2.45) is 5.73 Å². The van der Waals surface area contributed by atoms with Gasteiger partial charge < -0.3 is 5.73 Å². The standard InChI is InChI=1S/C10H6Cl2N2O2/c11-6-2-1-3-7(12)8(6)5(4-13)9(15)10(14)16/h1-3,5H,(H2,14,16)/t5-/m1/s1. The Morgan fingerprint density at radius 2 is 1.81 bits per heavy atom. The Morgan fingerprint density at radius 1 is 1.31 bits per heavy atom. The lowest BCUT2D eigenvalue weighted by atomic mass is 9.95. The summed E-state index contributed by atoms with van der Waals surface area (Å²) in [4.78, 5) is 22.1. The van der Waals surface area contributed by atoms with Crippen LogP contribution in [0.1, 0.15) is 11.5 Å². The molecular formula is C10H6Cl2N2O2. The highest BCUT2D eigenvalue weighted by Crippen LogP contribution is 2.31. The number of Topliss-reactive ketones (excluding diaryl/α,β-unsaturated/α-hetero) is 1. The van der Waals surface area contributed by atoms with Crippen LogP contribution >= 0.6 is 23.2 Å². The molecule has 2 N–H and O–H groups in total. The second-order valence-corrected chi connectivity index (χ2v) is 3.74. The zero-order chi connectivity index (χ0) is 12.3. The number of benzene rings is 1. The van der Waals surface area contributed by atoms with Crippen LogP contribution in [-0.4, -0.2) is 11.7 Å². The van der Waals surface area contributed by atoms with E-state index in [2.05, 4.69) is 0 Å². The molecule has 0 aromatic heterocycles. The molecule has 1 aromatic rings. The SMILES string of the molecule is N#C[C@@H](C(=O)C(N)=O)c1c(Cl)cccc1Cl. The Labute approximate surface area is 102 Å². The highest BCUT2D eigenvalue weighted by atomic mass is 35.5. The maximum atomic E-state index is 11.4. The predicted molar refractivity (Wildman–Crippen MR) is 59.0 cm³/mol. The fourth-order valence-electron chi connectivity index (χ4n) is 1.18. The largest absolute Gasteiger partial charge is 0.363 e. The van der Waals surface area contributed by atoms with E-state index in [0.717, 1.165) is 0 Å². The van der Waals surface area contributed by atoms with Gasteiger partial charge in [-0.25, -0.2) is 0 Å². The number of hydrogen-bond acceptors (Lipinski definition) is 3. The van der Waals surface area contributed by atoms with Gasteiger partial charge in [0.25, 0.3) is 5.91 Å².